The second-order valence-electron chi connectivity index (χ2n) is 8.42. The number of pyridine rings is 1. The number of nitrogens with zero attached hydrogens (tertiary/aromatic N) is 6. The average Bonchev–Trinajstić information content (AvgIpc) is 3.52. The predicted molar refractivity (Wildman–Crippen MR) is 125 cm³/mol. The Hall–Kier alpha value is -4.48. The molecule has 37 heavy (non-hydrogen) atoms. The highest BCUT2D eigenvalue weighted by molar-refractivity contribution is 5.94. The van der Waals surface area contributed by atoms with Crippen molar-refractivity contribution in [2.75, 3.05) is 6.54 Å². The Morgan fingerprint density at radius 3 is 2.51 bits per heavy atom. The van der Waals surface area contributed by atoms with Gasteiger partial charge in [-0.05, 0) is 22.8 Å². The van der Waals surface area contributed by atoms with Crippen molar-refractivity contribution < 1.29 is 27.9 Å². The second kappa shape index (κ2) is 10.6. The number of aryl methyl sites for hydroxylation is 1. The lowest BCUT2D eigenvalue weighted by Gasteiger charge is -2.34. The maximum Gasteiger partial charge on any atom is 0.490 e. The fourth-order valence-corrected chi connectivity index (χ4v) is 4.15. The molecular formula is C25H23F3N6O3. The Morgan fingerprint density at radius 2 is 1.86 bits per heavy atom. The molecule has 4 heterocycles. The molecule has 1 aromatic carbocycles. The third-order valence-corrected chi connectivity index (χ3v) is 5.81. The van der Waals surface area contributed by atoms with Crippen LogP contribution in [-0.4, -0.2) is 58.9 Å². The topological polar surface area (TPSA) is 106 Å². The molecule has 4 aromatic rings. The summed E-state index contributed by atoms with van der Waals surface area (Å²) >= 11 is 0. The summed E-state index contributed by atoms with van der Waals surface area (Å²) in [7, 11) is 1.82. The highest BCUT2D eigenvalue weighted by atomic mass is 19.4. The van der Waals surface area contributed by atoms with Crippen molar-refractivity contribution >= 4 is 11.9 Å². The second-order valence-corrected chi connectivity index (χ2v) is 8.42. The van der Waals surface area contributed by atoms with Gasteiger partial charge < -0.3 is 14.6 Å². The Balaban J connectivity index is 0.000000405. The van der Waals surface area contributed by atoms with E-state index in [1.807, 2.05) is 42.7 Å². The first kappa shape index (κ1) is 25.6. The molecule has 5 rings (SSSR count). The summed E-state index contributed by atoms with van der Waals surface area (Å²) in [5.41, 5.74) is 4.10. The minimum absolute atomic E-state index is 0.00208. The van der Waals surface area contributed by atoms with Crippen LogP contribution in [0.15, 0.2) is 73.6 Å². The third-order valence-electron chi connectivity index (χ3n) is 5.81. The van der Waals surface area contributed by atoms with Crippen LogP contribution in [0.1, 0.15) is 38.8 Å². The standard InChI is InChI=1S/C23H22N6O.C2HF3O2/c1-27-14-19(12-26-27)23(30)29-15-18-6-2-3-7-20(18)21(16-29)22-25-9-10-28(22)13-17-5-4-8-24-11-17;3-2(4,5)1(6)7/h2-12,14,21H,13,15-16H2,1H3;(H,6,7). The Kier molecular flexibility index (Phi) is 7.37. The Morgan fingerprint density at radius 1 is 1.11 bits per heavy atom. The van der Waals surface area contributed by atoms with Gasteiger partial charge in [0, 0.05) is 51.1 Å². The van der Waals surface area contributed by atoms with Crippen LogP contribution >= 0.6 is 0 Å². The molecule has 1 atom stereocenters. The molecule has 12 heteroatoms. The van der Waals surface area contributed by atoms with Crippen molar-refractivity contribution in [3.63, 3.8) is 0 Å². The van der Waals surface area contributed by atoms with Crippen LogP contribution in [0.3, 0.4) is 0 Å². The summed E-state index contributed by atoms with van der Waals surface area (Å²) in [6.45, 7) is 1.86. The maximum absolute atomic E-state index is 13.2. The number of carbonyl (C=O) groups excluding carboxylic acids is 1. The number of halogens is 3. The van der Waals surface area contributed by atoms with E-state index in [1.54, 1.807) is 23.3 Å². The van der Waals surface area contributed by atoms with E-state index in [9.17, 15) is 18.0 Å². The molecule has 3 aromatic heterocycles. The molecule has 0 aliphatic carbocycles. The zero-order chi connectivity index (χ0) is 26.6. The molecule has 1 unspecified atom stereocenters. The van der Waals surface area contributed by atoms with Gasteiger partial charge in [0.25, 0.3) is 5.91 Å². The van der Waals surface area contributed by atoms with E-state index in [2.05, 4.69) is 38.9 Å². The zero-order valence-corrected chi connectivity index (χ0v) is 19.7. The zero-order valence-electron chi connectivity index (χ0n) is 19.7. The van der Waals surface area contributed by atoms with Crippen molar-refractivity contribution in [3.05, 3.63) is 102 Å². The van der Waals surface area contributed by atoms with Crippen LogP contribution in [0.2, 0.25) is 0 Å². The molecule has 0 radical (unpaired) electrons. The highest BCUT2D eigenvalue weighted by Gasteiger charge is 2.38. The number of hydrogen-bond acceptors (Lipinski definition) is 5. The number of alkyl halides is 3. The van der Waals surface area contributed by atoms with E-state index < -0.39 is 12.1 Å². The molecule has 9 nitrogen and oxygen atoms in total. The SMILES string of the molecule is Cn1cc(C(=O)N2Cc3ccccc3C(c3nccn3Cc3cccnc3)C2)cn1.O=C(O)C(F)(F)F. The number of aromatic nitrogens is 5. The first-order valence-corrected chi connectivity index (χ1v) is 11.2. The van der Waals surface area contributed by atoms with Gasteiger partial charge in [-0.3, -0.25) is 14.5 Å². The molecule has 0 bridgehead atoms. The highest BCUT2D eigenvalue weighted by Crippen LogP contribution is 2.33. The quantitative estimate of drug-likeness (QED) is 0.449. The van der Waals surface area contributed by atoms with Crippen molar-refractivity contribution in [1.82, 2.24) is 29.2 Å². The van der Waals surface area contributed by atoms with E-state index >= 15 is 0 Å². The summed E-state index contributed by atoms with van der Waals surface area (Å²) in [6.07, 6.45) is 5.78. The van der Waals surface area contributed by atoms with Gasteiger partial charge in [0.15, 0.2) is 0 Å². The van der Waals surface area contributed by atoms with Crippen LogP contribution in [0.4, 0.5) is 13.2 Å². The minimum Gasteiger partial charge on any atom is -0.475 e. The monoisotopic (exact) mass is 512 g/mol. The summed E-state index contributed by atoms with van der Waals surface area (Å²) in [5, 5.41) is 11.3. The molecule has 0 saturated heterocycles. The normalized spacial score (nSPS) is 14.9. The van der Waals surface area contributed by atoms with Gasteiger partial charge in [-0.1, -0.05) is 30.3 Å². The van der Waals surface area contributed by atoms with Gasteiger partial charge in [-0.2, -0.15) is 18.3 Å². The summed E-state index contributed by atoms with van der Waals surface area (Å²) in [4.78, 5) is 32.9. The lowest BCUT2D eigenvalue weighted by atomic mass is 9.88. The maximum atomic E-state index is 13.2. The number of aliphatic carboxylic acids is 1. The lowest BCUT2D eigenvalue weighted by molar-refractivity contribution is -0.192. The van der Waals surface area contributed by atoms with Crippen molar-refractivity contribution in [3.8, 4) is 0 Å². The van der Waals surface area contributed by atoms with Crippen LogP contribution < -0.4 is 0 Å². The molecule has 1 N–H and O–H groups in total. The van der Waals surface area contributed by atoms with Crippen molar-refractivity contribution in [2.45, 2.75) is 25.2 Å². The molecular weight excluding hydrogens is 489 g/mol. The summed E-state index contributed by atoms with van der Waals surface area (Å²) in [5.74, 6) is -1.81. The first-order valence-electron chi connectivity index (χ1n) is 11.2. The van der Waals surface area contributed by atoms with E-state index in [0.717, 1.165) is 17.0 Å². The summed E-state index contributed by atoms with van der Waals surface area (Å²) in [6, 6.07) is 12.3. The minimum atomic E-state index is -5.08. The van der Waals surface area contributed by atoms with Gasteiger partial charge in [-0.25, -0.2) is 9.78 Å². The van der Waals surface area contributed by atoms with Gasteiger partial charge in [0.05, 0.1) is 24.2 Å². The number of carboxylic acids is 1. The fraction of sp³-hybridized carbons (Fsp3) is 0.240. The van der Waals surface area contributed by atoms with Crippen LogP contribution in [0.25, 0.3) is 0 Å². The predicted octanol–water partition coefficient (Wildman–Crippen LogP) is 3.48. The van der Waals surface area contributed by atoms with Crippen LogP contribution in [0, 0.1) is 0 Å². The van der Waals surface area contributed by atoms with E-state index in [-0.39, 0.29) is 11.8 Å². The smallest absolute Gasteiger partial charge is 0.475 e. The number of carbonyl (C=O) groups is 2. The average molecular weight is 512 g/mol. The molecule has 192 valence electrons. The number of amides is 1. The Bertz CT molecular complexity index is 1380. The van der Waals surface area contributed by atoms with Crippen LogP contribution in [-0.2, 0) is 24.9 Å². The van der Waals surface area contributed by atoms with Gasteiger partial charge in [0.1, 0.15) is 5.82 Å². The number of benzene rings is 1. The number of fused-ring (bicyclic) bond motifs is 1. The van der Waals surface area contributed by atoms with Crippen LogP contribution in [0.5, 0.6) is 0 Å². The number of hydrogen-bond donors (Lipinski definition) is 1. The van der Waals surface area contributed by atoms with Crippen molar-refractivity contribution in [2.24, 2.45) is 7.05 Å². The third kappa shape index (κ3) is 6.02. The molecule has 0 spiro atoms. The number of rotatable bonds is 4. The number of carboxylic acid groups (broad SMARTS) is 1. The van der Waals surface area contributed by atoms with Gasteiger partial charge in [0.2, 0.25) is 0 Å². The molecule has 0 saturated carbocycles. The fourth-order valence-electron chi connectivity index (χ4n) is 4.15. The molecule has 1 aliphatic rings. The lowest BCUT2D eigenvalue weighted by Crippen LogP contribution is -2.39. The largest absolute Gasteiger partial charge is 0.490 e. The summed E-state index contributed by atoms with van der Waals surface area (Å²) < 4.78 is 35.5. The van der Waals surface area contributed by atoms with E-state index in [0.29, 0.717) is 25.2 Å². The molecule has 1 aliphatic heterocycles. The molecule has 1 amide bonds. The Labute approximate surface area is 209 Å². The first-order chi connectivity index (χ1) is 17.6. The number of imidazole rings is 1. The van der Waals surface area contributed by atoms with Gasteiger partial charge >= 0.3 is 12.1 Å². The van der Waals surface area contributed by atoms with E-state index in [1.165, 1.54) is 5.56 Å². The van der Waals surface area contributed by atoms with Gasteiger partial charge in [-0.15, -0.1) is 0 Å². The molecule has 0 fully saturated rings. The van der Waals surface area contributed by atoms with Crippen molar-refractivity contribution in [1.29, 1.82) is 0 Å². The van der Waals surface area contributed by atoms with E-state index in [4.69, 9.17) is 14.9 Å².